The first kappa shape index (κ1) is 16.3. The molecule has 140 valence electrons. The van der Waals surface area contributed by atoms with Gasteiger partial charge in [0.05, 0.1) is 0 Å². The van der Waals surface area contributed by atoms with E-state index in [1.54, 1.807) is 6.92 Å². The van der Waals surface area contributed by atoms with E-state index < -0.39 is 11.9 Å². The minimum atomic E-state index is -4.45. The molecule has 5 nitrogen and oxygen atoms in total. The van der Waals surface area contributed by atoms with Crippen LogP contribution in [-0.2, 0) is 18.1 Å². The van der Waals surface area contributed by atoms with E-state index in [2.05, 4.69) is 15.3 Å². The van der Waals surface area contributed by atoms with Gasteiger partial charge in [-0.05, 0) is 69.3 Å². The molecular weight excluding hydrogens is 345 g/mol. The molecule has 26 heavy (non-hydrogen) atoms. The Kier molecular flexibility index (Phi) is 3.35. The SMILES string of the molecule is Cc1cc(C(F)(F)F)nn1Cc1nnc(C23CC4CC(CC(C4)C2)C3)o1. The van der Waals surface area contributed by atoms with E-state index in [1.807, 2.05) is 0 Å². The van der Waals surface area contributed by atoms with Crippen molar-refractivity contribution in [3.63, 3.8) is 0 Å². The summed E-state index contributed by atoms with van der Waals surface area (Å²) in [6.45, 7) is 1.67. The Morgan fingerprint density at radius 2 is 1.73 bits per heavy atom. The number of aromatic nitrogens is 4. The van der Waals surface area contributed by atoms with Crippen molar-refractivity contribution < 1.29 is 17.6 Å². The fraction of sp³-hybridized carbons (Fsp3) is 0.722. The number of halogens is 3. The molecule has 4 bridgehead atoms. The monoisotopic (exact) mass is 366 g/mol. The second-order valence-corrected chi connectivity index (χ2v) is 8.53. The number of rotatable bonds is 3. The van der Waals surface area contributed by atoms with Crippen molar-refractivity contribution in [2.24, 2.45) is 17.8 Å². The van der Waals surface area contributed by atoms with E-state index in [-0.39, 0.29) is 12.0 Å². The molecule has 0 spiro atoms. The van der Waals surface area contributed by atoms with Gasteiger partial charge in [-0.3, -0.25) is 4.68 Å². The molecule has 8 heteroatoms. The van der Waals surface area contributed by atoms with E-state index in [0.29, 0.717) is 17.5 Å². The molecule has 0 radical (unpaired) electrons. The van der Waals surface area contributed by atoms with Gasteiger partial charge in [0.15, 0.2) is 5.69 Å². The Hall–Kier alpha value is -1.86. The third kappa shape index (κ3) is 2.56. The lowest BCUT2D eigenvalue weighted by molar-refractivity contribution is -0.141. The summed E-state index contributed by atoms with van der Waals surface area (Å²) in [7, 11) is 0. The summed E-state index contributed by atoms with van der Waals surface area (Å²) in [5.74, 6) is 3.31. The molecule has 2 aromatic heterocycles. The smallest absolute Gasteiger partial charge is 0.423 e. The maximum atomic E-state index is 12.8. The third-order valence-electron chi connectivity index (χ3n) is 6.52. The van der Waals surface area contributed by atoms with Crippen LogP contribution in [-0.4, -0.2) is 20.0 Å². The molecule has 0 aromatic carbocycles. The van der Waals surface area contributed by atoms with Gasteiger partial charge in [-0.25, -0.2) is 0 Å². The molecule has 0 aliphatic heterocycles. The predicted octanol–water partition coefficient (Wildman–Crippen LogP) is 4.11. The quantitative estimate of drug-likeness (QED) is 0.820. The number of hydrogen-bond donors (Lipinski definition) is 0. The van der Waals surface area contributed by atoms with E-state index >= 15 is 0 Å². The minimum absolute atomic E-state index is 0.00368. The van der Waals surface area contributed by atoms with Gasteiger partial charge in [-0.15, -0.1) is 10.2 Å². The van der Waals surface area contributed by atoms with E-state index in [9.17, 15) is 13.2 Å². The van der Waals surface area contributed by atoms with Crippen LogP contribution in [0.15, 0.2) is 10.5 Å². The molecule has 4 aliphatic carbocycles. The van der Waals surface area contributed by atoms with Gasteiger partial charge in [0.1, 0.15) is 6.54 Å². The van der Waals surface area contributed by atoms with E-state index in [1.165, 1.54) is 23.9 Å². The summed E-state index contributed by atoms with van der Waals surface area (Å²) in [5.41, 5.74) is -0.473. The molecule has 0 N–H and O–H groups in total. The lowest BCUT2D eigenvalue weighted by atomic mass is 9.49. The molecule has 0 unspecified atom stereocenters. The van der Waals surface area contributed by atoms with Crippen LogP contribution < -0.4 is 0 Å². The Labute approximate surface area is 149 Å². The number of aryl methyl sites for hydroxylation is 1. The van der Waals surface area contributed by atoms with Gasteiger partial charge < -0.3 is 4.42 Å². The van der Waals surface area contributed by atoms with Crippen molar-refractivity contribution >= 4 is 0 Å². The van der Waals surface area contributed by atoms with Crippen molar-refractivity contribution in [3.05, 3.63) is 29.2 Å². The molecule has 4 saturated carbocycles. The van der Waals surface area contributed by atoms with Crippen molar-refractivity contribution in [2.75, 3.05) is 0 Å². The Bertz CT molecular complexity index is 803. The average molecular weight is 366 g/mol. The summed E-state index contributed by atoms with van der Waals surface area (Å²) >= 11 is 0. The summed E-state index contributed by atoms with van der Waals surface area (Å²) < 4.78 is 45.7. The highest BCUT2D eigenvalue weighted by Gasteiger charge is 2.54. The van der Waals surface area contributed by atoms with Gasteiger partial charge in [0, 0.05) is 11.1 Å². The van der Waals surface area contributed by atoms with Crippen LogP contribution in [0.2, 0.25) is 0 Å². The van der Waals surface area contributed by atoms with E-state index in [0.717, 1.165) is 43.1 Å². The summed E-state index contributed by atoms with van der Waals surface area (Å²) in [5, 5.41) is 12.1. The van der Waals surface area contributed by atoms with Crippen molar-refractivity contribution in [1.82, 2.24) is 20.0 Å². The summed E-state index contributed by atoms with van der Waals surface area (Å²) in [6, 6.07) is 1.04. The highest BCUT2D eigenvalue weighted by Crippen LogP contribution is 2.60. The molecule has 6 rings (SSSR count). The maximum absolute atomic E-state index is 12.8. The molecule has 4 aliphatic rings. The third-order valence-corrected chi connectivity index (χ3v) is 6.52. The van der Waals surface area contributed by atoms with Crippen LogP contribution in [0.5, 0.6) is 0 Å². The van der Waals surface area contributed by atoms with Crippen LogP contribution in [0.25, 0.3) is 0 Å². The summed E-state index contributed by atoms with van der Waals surface area (Å²) in [4.78, 5) is 0. The lowest BCUT2D eigenvalue weighted by Crippen LogP contribution is -2.48. The Balaban J connectivity index is 1.39. The molecule has 0 saturated heterocycles. The normalized spacial score (nSPS) is 33.2. The van der Waals surface area contributed by atoms with E-state index in [4.69, 9.17) is 4.42 Å². The number of alkyl halides is 3. The lowest BCUT2D eigenvalue weighted by Gasteiger charge is -2.55. The van der Waals surface area contributed by atoms with Gasteiger partial charge in [-0.2, -0.15) is 18.3 Å². The maximum Gasteiger partial charge on any atom is 0.435 e. The fourth-order valence-corrected chi connectivity index (χ4v) is 5.84. The predicted molar refractivity (Wildman–Crippen MR) is 85.2 cm³/mol. The first-order chi connectivity index (χ1) is 12.3. The number of hydrogen-bond acceptors (Lipinski definition) is 4. The zero-order valence-corrected chi connectivity index (χ0v) is 14.6. The highest BCUT2D eigenvalue weighted by molar-refractivity contribution is 5.15. The fourth-order valence-electron chi connectivity index (χ4n) is 5.84. The molecule has 0 amide bonds. The van der Waals surface area contributed by atoms with Gasteiger partial charge in [-0.1, -0.05) is 0 Å². The zero-order chi connectivity index (χ0) is 18.1. The van der Waals surface area contributed by atoms with Gasteiger partial charge in [0.2, 0.25) is 11.8 Å². The Morgan fingerprint density at radius 1 is 1.12 bits per heavy atom. The molecular formula is C18H21F3N4O. The number of nitrogens with zero attached hydrogens (tertiary/aromatic N) is 4. The van der Waals surface area contributed by atoms with Crippen molar-refractivity contribution in [2.45, 2.75) is 63.6 Å². The van der Waals surface area contributed by atoms with Gasteiger partial charge in [0.25, 0.3) is 0 Å². The summed E-state index contributed by atoms with van der Waals surface area (Å²) in [6.07, 6.45) is 2.86. The first-order valence-electron chi connectivity index (χ1n) is 9.25. The van der Waals surface area contributed by atoms with Crippen LogP contribution in [0, 0.1) is 24.7 Å². The topological polar surface area (TPSA) is 56.7 Å². The first-order valence-corrected chi connectivity index (χ1v) is 9.25. The van der Waals surface area contributed by atoms with Crippen LogP contribution in [0.3, 0.4) is 0 Å². The van der Waals surface area contributed by atoms with Crippen LogP contribution in [0.1, 0.15) is 61.7 Å². The molecule has 2 heterocycles. The standard InChI is InChI=1S/C18H21F3N4O/c1-10-2-14(18(19,20)21)24-25(10)9-15-22-23-16(26-15)17-6-11-3-12(7-17)5-13(4-11)8-17/h2,11-13H,3-9H2,1H3. The van der Waals surface area contributed by atoms with Crippen LogP contribution >= 0.6 is 0 Å². The van der Waals surface area contributed by atoms with Crippen molar-refractivity contribution in [1.29, 1.82) is 0 Å². The average Bonchev–Trinajstić information content (AvgIpc) is 3.14. The minimum Gasteiger partial charge on any atom is -0.423 e. The zero-order valence-electron chi connectivity index (χ0n) is 14.6. The van der Waals surface area contributed by atoms with Crippen molar-refractivity contribution in [3.8, 4) is 0 Å². The van der Waals surface area contributed by atoms with Crippen LogP contribution in [0.4, 0.5) is 13.2 Å². The second-order valence-electron chi connectivity index (χ2n) is 8.53. The molecule has 2 aromatic rings. The van der Waals surface area contributed by atoms with Gasteiger partial charge >= 0.3 is 6.18 Å². The second kappa shape index (κ2) is 5.33. The highest BCUT2D eigenvalue weighted by atomic mass is 19.4. The Morgan fingerprint density at radius 3 is 2.27 bits per heavy atom. The molecule has 4 fully saturated rings. The molecule has 0 atom stereocenters. The largest absolute Gasteiger partial charge is 0.435 e.